The predicted molar refractivity (Wildman–Crippen MR) is 130 cm³/mol. The summed E-state index contributed by atoms with van der Waals surface area (Å²) in [7, 11) is 0. The molecule has 2 heterocycles. The van der Waals surface area contributed by atoms with Crippen molar-refractivity contribution in [3.63, 3.8) is 0 Å². The van der Waals surface area contributed by atoms with Gasteiger partial charge in [-0.15, -0.1) is 0 Å². The molecule has 3 aliphatic carbocycles. The zero-order valence-electron chi connectivity index (χ0n) is 20.9. The van der Waals surface area contributed by atoms with Crippen molar-refractivity contribution in [2.24, 2.45) is 46.8 Å². The number of hydrazine groups is 1. The average Bonchev–Trinajstić information content (AvgIpc) is 3.29. The van der Waals surface area contributed by atoms with E-state index < -0.39 is 0 Å². The van der Waals surface area contributed by atoms with Crippen molar-refractivity contribution < 1.29 is 0 Å². The van der Waals surface area contributed by atoms with E-state index in [1.807, 2.05) is 0 Å². The van der Waals surface area contributed by atoms with E-state index in [-0.39, 0.29) is 5.41 Å². The first-order valence-electron chi connectivity index (χ1n) is 14.0. The Balaban J connectivity index is 1.22. The summed E-state index contributed by atoms with van der Waals surface area (Å²) in [6.07, 6.45) is 15.2. The van der Waals surface area contributed by atoms with E-state index in [0.717, 1.165) is 42.6 Å². The molecule has 5 rings (SSSR count). The molecule has 0 bridgehead atoms. The van der Waals surface area contributed by atoms with Gasteiger partial charge in [-0.1, -0.05) is 0 Å². The summed E-state index contributed by atoms with van der Waals surface area (Å²) in [4.78, 5) is 0. The molecule has 5 aliphatic rings. The summed E-state index contributed by atoms with van der Waals surface area (Å²) in [5.41, 5.74) is 7.32. The number of piperidine rings is 1. The minimum Gasteiger partial charge on any atom is -0.312 e. The van der Waals surface area contributed by atoms with Crippen LogP contribution in [-0.4, -0.2) is 24.7 Å². The molecule has 0 aromatic carbocycles. The fraction of sp³-hybridized carbons (Fsp3) is 0.929. The molecule has 0 amide bonds. The van der Waals surface area contributed by atoms with Crippen LogP contribution >= 0.6 is 0 Å². The summed E-state index contributed by atoms with van der Waals surface area (Å²) in [5.74, 6) is 5.30. The molecule has 2 saturated heterocycles. The second kappa shape index (κ2) is 9.85. The quantitative estimate of drug-likeness (QED) is 0.565. The maximum atomic E-state index is 9.59. The number of hydrogen-bond acceptors (Lipinski definition) is 5. The summed E-state index contributed by atoms with van der Waals surface area (Å²) < 4.78 is 0. The molecule has 0 radical (unpaired) electrons. The van der Waals surface area contributed by atoms with Crippen molar-refractivity contribution in [1.29, 1.82) is 10.5 Å². The number of hydrogen-bond donors (Lipinski definition) is 3. The Kier molecular flexibility index (Phi) is 7.04. The van der Waals surface area contributed by atoms with Gasteiger partial charge in [-0.05, 0) is 126 Å². The van der Waals surface area contributed by atoms with Crippen LogP contribution < -0.4 is 16.2 Å². The first kappa shape index (κ1) is 23.6. The summed E-state index contributed by atoms with van der Waals surface area (Å²) >= 11 is 0. The fourth-order valence-electron chi connectivity index (χ4n) is 8.74. The van der Waals surface area contributed by atoms with E-state index in [4.69, 9.17) is 5.26 Å². The zero-order chi connectivity index (χ0) is 23.0. The molecule has 0 aromatic heterocycles. The largest absolute Gasteiger partial charge is 0.312 e. The molecule has 5 heteroatoms. The Morgan fingerprint density at radius 1 is 0.788 bits per heavy atom. The lowest BCUT2D eigenvalue weighted by Gasteiger charge is -2.50. The molecule has 33 heavy (non-hydrogen) atoms. The number of nitrogens with one attached hydrogen (secondary N) is 3. The molecule has 5 fully saturated rings. The van der Waals surface area contributed by atoms with Crippen molar-refractivity contribution in [2.75, 3.05) is 6.54 Å². The predicted octanol–water partition coefficient (Wildman–Crippen LogP) is 4.91. The Labute approximate surface area is 201 Å². The monoisotopic (exact) mass is 451 g/mol. The third-order valence-electron chi connectivity index (χ3n) is 10.9. The Hall–Kier alpha value is -1.14. The van der Waals surface area contributed by atoms with Crippen LogP contribution in [0, 0.1) is 69.5 Å². The van der Waals surface area contributed by atoms with Gasteiger partial charge in [0.1, 0.15) is 0 Å². The van der Waals surface area contributed by atoms with Gasteiger partial charge in [0, 0.05) is 31.1 Å². The van der Waals surface area contributed by atoms with E-state index in [0.29, 0.717) is 30.0 Å². The Morgan fingerprint density at radius 3 is 2.18 bits per heavy atom. The average molecular weight is 452 g/mol. The van der Waals surface area contributed by atoms with Crippen LogP contribution in [0.15, 0.2) is 0 Å². The van der Waals surface area contributed by atoms with Crippen LogP contribution in [0.4, 0.5) is 0 Å². The van der Waals surface area contributed by atoms with E-state index in [2.05, 4.69) is 42.2 Å². The van der Waals surface area contributed by atoms with E-state index >= 15 is 0 Å². The molecular weight excluding hydrogens is 406 g/mol. The van der Waals surface area contributed by atoms with Gasteiger partial charge in [0.25, 0.3) is 0 Å². The lowest BCUT2D eigenvalue weighted by atomic mass is 9.59. The SMILES string of the molecule is CC(C)(C#N)C1CCC(C2NNC3CNC4CCC(C5CCC(CC#N)CC5)CC4C32)CC1. The maximum absolute atomic E-state index is 9.59. The number of fused-ring (bicyclic) bond motifs is 3. The molecule has 5 nitrogen and oxygen atoms in total. The van der Waals surface area contributed by atoms with Gasteiger partial charge in [0.05, 0.1) is 17.6 Å². The molecule has 6 unspecified atom stereocenters. The summed E-state index contributed by atoms with van der Waals surface area (Å²) in [5, 5.41) is 22.6. The van der Waals surface area contributed by atoms with Gasteiger partial charge in [-0.25, -0.2) is 0 Å². The minimum absolute atomic E-state index is 0.183. The third kappa shape index (κ3) is 4.71. The van der Waals surface area contributed by atoms with Crippen LogP contribution in [0.3, 0.4) is 0 Å². The van der Waals surface area contributed by atoms with Crippen molar-refractivity contribution in [3.8, 4) is 12.1 Å². The molecule has 2 aliphatic heterocycles. The lowest BCUT2D eigenvalue weighted by Crippen LogP contribution is -2.58. The molecule has 3 N–H and O–H groups in total. The van der Waals surface area contributed by atoms with E-state index in [1.54, 1.807) is 0 Å². The van der Waals surface area contributed by atoms with Crippen LogP contribution in [0.5, 0.6) is 0 Å². The minimum atomic E-state index is -0.183. The maximum Gasteiger partial charge on any atom is 0.0686 e. The van der Waals surface area contributed by atoms with Gasteiger partial charge >= 0.3 is 0 Å². The molecule has 3 saturated carbocycles. The highest BCUT2D eigenvalue weighted by Gasteiger charge is 2.52. The highest BCUT2D eigenvalue weighted by molar-refractivity contribution is 5.08. The molecule has 6 atom stereocenters. The van der Waals surface area contributed by atoms with Gasteiger partial charge in [0.15, 0.2) is 0 Å². The number of rotatable bonds is 4. The topological polar surface area (TPSA) is 83.7 Å². The normalized spacial score (nSPS) is 45.9. The fourth-order valence-corrected chi connectivity index (χ4v) is 8.74. The zero-order valence-corrected chi connectivity index (χ0v) is 20.9. The number of nitrogens with zero attached hydrogens (tertiary/aromatic N) is 2. The Bertz CT molecular complexity index is 749. The van der Waals surface area contributed by atoms with Gasteiger partial charge in [-0.2, -0.15) is 10.5 Å². The van der Waals surface area contributed by atoms with Crippen LogP contribution in [0.25, 0.3) is 0 Å². The molecule has 0 spiro atoms. The van der Waals surface area contributed by atoms with Gasteiger partial charge in [-0.3, -0.25) is 10.9 Å². The first-order chi connectivity index (χ1) is 16.0. The number of nitriles is 2. The summed E-state index contributed by atoms with van der Waals surface area (Å²) in [6, 6.07) is 6.84. The van der Waals surface area contributed by atoms with Crippen molar-refractivity contribution >= 4 is 0 Å². The van der Waals surface area contributed by atoms with Crippen LogP contribution in [-0.2, 0) is 0 Å². The third-order valence-corrected chi connectivity index (χ3v) is 10.9. The van der Waals surface area contributed by atoms with Gasteiger partial charge in [0.2, 0.25) is 0 Å². The van der Waals surface area contributed by atoms with Gasteiger partial charge < -0.3 is 5.32 Å². The van der Waals surface area contributed by atoms with Crippen LogP contribution in [0.1, 0.15) is 90.9 Å². The standard InChI is InChI=1S/C28H45N5/c1-28(2,17-30)22-10-7-20(8-11-22)27-26-23-15-21(19-5-3-18(4-6-19)13-14-29)9-12-24(23)31-16-25(26)32-33-27/h18-27,31-33H,3-13,15-16H2,1-2H3. The van der Waals surface area contributed by atoms with Crippen molar-refractivity contribution in [1.82, 2.24) is 16.2 Å². The molecular formula is C28H45N5. The molecule has 0 aromatic rings. The second-order valence-electron chi connectivity index (χ2n) is 12.8. The van der Waals surface area contributed by atoms with Crippen molar-refractivity contribution in [3.05, 3.63) is 0 Å². The van der Waals surface area contributed by atoms with Crippen LogP contribution in [0.2, 0.25) is 0 Å². The van der Waals surface area contributed by atoms with E-state index in [1.165, 1.54) is 70.6 Å². The molecule has 182 valence electrons. The smallest absolute Gasteiger partial charge is 0.0686 e. The summed E-state index contributed by atoms with van der Waals surface area (Å²) in [6.45, 7) is 5.38. The lowest BCUT2D eigenvalue weighted by molar-refractivity contribution is 0.0415. The highest BCUT2D eigenvalue weighted by atomic mass is 15.4. The highest BCUT2D eigenvalue weighted by Crippen LogP contribution is 2.49. The first-order valence-corrected chi connectivity index (χ1v) is 14.0. The second-order valence-corrected chi connectivity index (χ2v) is 12.8. The Morgan fingerprint density at radius 2 is 1.48 bits per heavy atom. The van der Waals surface area contributed by atoms with Crippen molar-refractivity contribution in [2.45, 2.75) is 109 Å². The van der Waals surface area contributed by atoms with E-state index in [9.17, 15) is 5.26 Å².